The molecule has 0 aromatic heterocycles. The van der Waals surface area contributed by atoms with E-state index >= 15 is 0 Å². The third-order valence-electron chi connectivity index (χ3n) is 6.05. The summed E-state index contributed by atoms with van der Waals surface area (Å²) in [6.45, 7) is 14.8. The lowest BCUT2D eigenvalue weighted by molar-refractivity contribution is 0.0602. The van der Waals surface area contributed by atoms with Gasteiger partial charge in [0.2, 0.25) is 0 Å². The van der Waals surface area contributed by atoms with E-state index in [-0.39, 0.29) is 0 Å². The number of hydrogen-bond donors (Lipinski definition) is 1. The summed E-state index contributed by atoms with van der Waals surface area (Å²) < 4.78 is 0. The minimum atomic E-state index is 0.398. The zero-order valence-electron chi connectivity index (χ0n) is 13.7. The Kier molecular flexibility index (Phi) is 4.40. The third kappa shape index (κ3) is 3.05. The fraction of sp³-hybridized carbons (Fsp3) is 1.00. The maximum Gasteiger partial charge on any atom is 0.0309 e. The quantitative estimate of drug-likeness (QED) is 0.832. The van der Waals surface area contributed by atoms with Crippen LogP contribution >= 0.6 is 0 Å². The highest BCUT2D eigenvalue weighted by molar-refractivity contribution is 5.04. The molecule has 3 aliphatic rings. The van der Waals surface area contributed by atoms with Gasteiger partial charge in [-0.1, -0.05) is 13.8 Å². The standard InChI is InChI=1S/C17H33N3/c1-4-16-10-18-17(3,15-6-7-15)13-20(16)12-14-8-9-19(5-2)11-14/h14-16,18H,4-13H2,1-3H3. The van der Waals surface area contributed by atoms with Crippen molar-refractivity contribution in [3.8, 4) is 0 Å². The lowest BCUT2D eigenvalue weighted by Crippen LogP contribution is -2.64. The van der Waals surface area contributed by atoms with Crippen molar-refractivity contribution < 1.29 is 0 Å². The Hall–Kier alpha value is -0.120. The number of piperazine rings is 1. The Morgan fingerprint density at radius 1 is 1.20 bits per heavy atom. The van der Waals surface area contributed by atoms with Gasteiger partial charge >= 0.3 is 0 Å². The molecule has 3 rings (SSSR count). The second kappa shape index (κ2) is 5.94. The zero-order chi connectivity index (χ0) is 14.2. The van der Waals surface area contributed by atoms with E-state index in [0.717, 1.165) is 17.9 Å². The van der Waals surface area contributed by atoms with Gasteiger partial charge in [-0.3, -0.25) is 4.90 Å². The Bertz CT molecular complexity index is 328. The Labute approximate surface area is 125 Å². The summed E-state index contributed by atoms with van der Waals surface area (Å²) >= 11 is 0. The molecule has 2 heterocycles. The number of hydrogen-bond acceptors (Lipinski definition) is 3. The molecule has 3 heteroatoms. The number of nitrogens with one attached hydrogen (secondary N) is 1. The molecule has 3 fully saturated rings. The van der Waals surface area contributed by atoms with Gasteiger partial charge in [0.25, 0.3) is 0 Å². The molecule has 0 radical (unpaired) electrons. The van der Waals surface area contributed by atoms with Crippen molar-refractivity contribution >= 4 is 0 Å². The maximum absolute atomic E-state index is 3.88. The van der Waals surface area contributed by atoms with Gasteiger partial charge in [0.1, 0.15) is 0 Å². The normalized spacial score (nSPS) is 40.4. The largest absolute Gasteiger partial charge is 0.308 e. The summed E-state index contributed by atoms with van der Waals surface area (Å²) in [7, 11) is 0. The molecule has 2 saturated heterocycles. The highest BCUT2D eigenvalue weighted by atomic mass is 15.3. The third-order valence-corrected chi connectivity index (χ3v) is 6.05. The van der Waals surface area contributed by atoms with Crippen LogP contribution in [0.2, 0.25) is 0 Å². The molecule has 3 atom stereocenters. The van der Waals surface area contributed by atoms with Crippen LogP contribution in [0.15, 0.2) is 0 Å². The Morgan fingerprint density at radius 2 is 2.00 bits per heavy atom. The van der Waals surface area contributed by atoms with Crippen molar-refractivity contribution in [2.45, 2.75) is 58.0 Å². The van der Waals surface area contributed by atoms with Crippen LogP contribution in [0, 0.1) is 11.8 Å². The van der Waals surface area contributed by atoms with E-state index < -0.39 is 0 Å². The number of nitrogens with zero attached hydrogens (tertiary/aromatic N) is 2. The molecule has 1 N–H and O–H groups in total. The monoisotopic (exact) mass is 279 g/mol. The van der Waals surface area contributed by atoms with Crippen LogP contribution in [0.4, 0.5) is 0 Å². The zero-order valence-corrected chi connectivity index (χ0v) is 13.7. The molecule has 0 bridgehead atoms. The predicted molar refractivity (Wildman–Crippen MR) is 85.0 cm³/mol. The molecule has 1 aliphatic carbocycles. The molecule has 0 aromatic carbocycles. The van der Waals surface area contributed by atoms with Crippen LogP contribution < -0.4 is 5.32 Å². The summed E-state index contributed by atoms with van der Waals surface area (Å²) in [5.41, 5.74) is 0.398. The van der Waals surface area contributed by atoms with E-state index in [0.29, 0.717) is 5.54 Å². The first-order chi connectivity index (χ1) is 9.64. The van der Waals surface area contributed by atoms with Gasteiger partial charge in [0.05, 0.1) is 0 Å². The van der Waals surface area contributed by atoms with Crippen molar-refractivity contribution in [2.24, 2.45) is 11.8 Å². The molecule has 20 heavy (non-hydrogen) atoms. The average Bonchev–Trinajstić information content (AvgIpc) is 3.21. The van der Waals surface area contributed by atoms with E-state index in [1.807, 2.05) is 0 Å². The van der Waals surface area contributed by atoms with Crippen molar-refractivity contribution in [3.05, 3.63) is 0 Å². The second-order valence-corrected chi connectivity index (χ2v) is 7.61. The van der Waals surface area contributed by atoms with E-state index in [4.69, 9.17) is 0 Å². The first kappa shape index (κ1) is 14.8. The molecular weight excluding hydrogens is 246 g/mol. The number of rotatable bonds is 5. The first-order valence-corrected chi connectivity index (χ1v) is 8.86. The van der Waals surface area contributed by atoms with E-state index in [2.05, 4.69) is 35.9 Å². The van der Waals surface area contributed by atoms with Crippen LogP contribution in [0.1, 0.15) is 46.5 Å². The van der Waals surface area contributed by atoms with Crippen molar-refractivity contribution in [2.75, 3.05) is 39.3 Å². The lowest BCUT2D eigenvalue weighted by Gasteiger charge is -2.47. The van der Waals surface area contributed by atoms with Gasteiger partial charge in [-0.2, -0.15) is 0 Å². The van der Waals surface area contributed by atoms with Gasteiger partial charge < -0.3 is 10.2 Å². The fourth-order valence-corrected chi connectivity index (χ4v) is 4.38. The molecule has 1 saturated carbocycles. The number of likely N-dealkylation sites (tertiary alicyclic amines) is 1. The molecular formula is C17H33N3. The van der Waals surface area contributed by atoms with Crippen LogP contribution in [-0.2, 0) is 0 Å². The van der Waals surface area contributed by atoms with Crippen LogP contribution in [0.5, 0.6) is 0 Å². The van der Waals surface area contributed by atoms with Gasteiger partial charge in [-0.05, 0) is 57.5 Å². The summed E-state index contributed by atoms with van der Waals surface area (Å²) in [5.74, 6) is 1.85. The Balaban J connectivity index is 1.59. The van der Waals surface area contributed by atoms with Gasteiger partial charge in [0, 0.05) is 37.8 Å². The first-order valence-electron chi connectivity index (χ1n) is 8.86. The minimum absolute atomic E-state index is 0.398. The molecule has 3 nitrogen and oxygen atoms in total. The lowest BCUT2D eigenvalue weighted by atomic mass is 9.89. The maximum atomic E-state index is 3.88. The highest BCUT2D eigenvalue weighted by Gasteiger charge is 2.46. The SMILES string of the molecule is CCC1CNC(C)(C2CC2)CN1CC1CCN(CC)C1. The molecule has 0 aromatic rings. The molecule has 0 amide bonds. The highest BCUT2D eigenvalue weighted by Crippen LogP contribution is 2.41. The van der Waals surface area contributed by atoms with E-state index in [9.17, 15) is 0 Å². The van der Waals surface area contributed by atoms with Gasteiger partial charge in [0.15, 0.2) is 0 Å². The molecule has 3 unspecified atom stereocenters. The van der Waals surface area contributed by atoms with Gasteiger partial charge in [-0.15, -0.1) is 0 Å². The fourth-order valence-electron chi connectivity index (χ4n) is 4.38. The molecule has 116 valence electrons. The van der Waals surface area contributed by atoms with Crippen molar-refractivity contribution in [1.29, 1.82) is 0 Å². The summed E-state index contributed by atoms with van der Waals surface area (Å²) in [6.07, 6.45) is 5.59. The summed E-state index contributed by atoms with van der Waals surface area (Å²) in [6, 6.07) is 0.762. The van der Waals surface area contributed by atoms with Gasteiger partial charge in [-0.25, -0.2) is 0 Å². The molecule has 0 spiro atoms. The minimum Gasteiger partial charge on any atom is -0.308 e. The smallest absolute Gasteiger partial charge is 0.0309 e. The van der Waals surface area contributed by atoms with Crippen molar-refractivity contribution in [1.82, 2.24) is 15.1 Å². The van der Waals surface area contributed by atoms with Crippen LogP contribution in [0.25, 0.3) is 0 Å². The van der Waals surface area contributed by atoms with Crippen LogP contribution in [-0.4, -0.2) is 60.6 Å². The Morgan fingerprint density at radius 3 is 2.60 bits per heavy atom. The van der Waals surface area contributed by atoms with Crippen molar-refractivity contribution in [3.63, 3.8) is 0 Å². The second-order valence-electron chi connectivity index (χ2n) is 7.61. The van der Waals surface area contributed by atoms with Crippen LogP contribution in [0.3, 0.4) is 0 Å². The summed E-state index contributed by atoms with van der Waals surface area (Å²) in [4.78, 5) is 5.45. The summed E-state index contributed by atoms with van der Waals surface area (Å²) in [5, 5.41) is 3.88. The average molecular weight is 279 g/mol. The predicted octanol–water partition coefficient (Wildman–Crippen LogP) is 2.18. The topological polar surface area (TPSA) is 18.5 Å². The van der Waals surface area contributed by atoms with E-state index in [1.165, 1.54) is 65.0 Å². The molecule has 2 aliphatic heterocycles. The van der Waals surface area contributed by atoms with E-state index in [1.54, 1.807) is 0 Å².